The molecule has 0 bridgehead atoms. The molecular formula is C14H21NO2. The number of fused-ring (bicyclic) bond motifs is 2. The molecule has 2 heterocycles. The average molecular weight is 235 g/mol. The number of aliphatic hydroxyl groups excluding tert-OH is 1. The van der Waals surface area contributed by atoms with E-state index in [-0.39, 0.29) is 6.61 Å². The van der Waals surface area contributed by atoms with Gasteiger partial charge in [0.05, 0.1) is 0 Å². The van der Waals surface area contributed by atoms with Crippen LogP contribution in [0, 0.1) is 0 Å². The van der Waals surface area contributed by atoms with Crippen LogP contribution in [0.5, 0.6) is 0 Å². The predicted molar refractivity (Wildman–Crippen MR) is 65.5 cm³/mol. The van der Waals surface area contributed by atoms with Gasteiger partial charge in [-0.2, -0.15) is 0 Å². The first-order chi connectivity index (χ1) is 8.31. The summed E-state index contributed by atoms with van der Waals surface area (Å²) in [5, 5.41) is 9.16. The molecule has 0 saturated carbocycles. The van der Waals surface area contributed by atoms with E-state index in [0.29, 0.717) is 17.9 Å². The molecule has 3 rings (SSSR count). The highest BCUT2D eigenvalue weighted by molar-refractivity contribution is 5.97. The fraction of sp³-hybridized carbons (Fsp3) is 0.786. The van der Waals surface area contributed by atoms with Crippen molar-refractivity contribution in [3.63, 3.8) is 0 Å². The molecule has 0 aromatic rings. The van der Waals surface area contributed by atoms with Gasteiger partial charge in [-0.1, -0.05) is 0 Å². The van der Waals surface area contributed by atoms with E-state index in [0.717, 1.165) is 44.1 Å². The van der Waals surface area contributed by atoms with Gasteiger partial charge in [0.2, 0.25) is 0 Å². The Hall–Kier alpha value is -0.830. The van der Waals surface area contributed by atoms with Crippen molar-refractivity contribution in [3.05, 3.63) is 11.3 Å². The zero-order valence-corrected chi connectivity index (χ0v) is 10.3. The van der Waals surface area contributed by atoms with E-state index < -0.39 is 0 Å². The molecule has 1 N–H and O–H groups in total. The van der Waals surface area contributed by atoms with Crippen LogP contribution in [0.3, 0.4) is 0 Å². The Morgan fingerprint density at radius 2 is 2.06 bits per heavy atom. The largest absolute Gasteiger partial charge is 0.396 e. The smallest absolute Gasteiger partial charge is 0.160 e. The number of hydrogen-bond acceptors (Lipinski definition) is 3. The molecule has 0 radical (unpaired) electrons. The van der Waals surface area contributed by atoms with Gasteiger partial charge in [-0.05, 0) is 44.9 Å². The summed E-state index contributed by atoms with van der Waals surface area (Å²) in [6.07, 6.45) is 8.30. The molecule has 3 aliphatic rings. The molecule has 1 saturated heterocycles. The second-order valence-corrected chi connectivity index (χ2v) is 5.55. The standard InChI is InChI=1S/C14H21NO2/c16-9-8-11-5-4-10-6-7-12-13(15(10)11)2-1-3-14(12)17/h10-11,16H,1-9H2/t10-,11+/m1/s1. The zero-order chi connectivity index (χ0) is 11.8. The minimum atomic E-state index is 0.268. The summed E-state index contributed by atoms with van der Waals surface area (Å²) in [6.45, 7) is 0.268. The average Bonchev–Trinajstić information content (AvgIpc) is 2.74. The quantitative estimate of drug-likeness (QED) is 0.796. The van der Waals surface area contributed by atoms with Gasteiger partial charge in [-0.15, -0.1) is 0 Å². The molecule has 0 aromatic carbocycles. The molecule has 3 nitrogen and oxygen atoms in total. The van der Waals surface area contributed by atoms with Crippen LogP contribution in [-0.2, 0) is 4.79 Å². The van der Waals surface area contributed by atoms with Crippen molar-refractivity contribution in [1.82, 2.24) is 4.90 Å². The Morgan fingerprint density at radius 1 is 1.18 bits per heavy atom. The number of rotatable bonds is 2. The third-order valence-corrected chi connectivity index (χ3v) is 4.62. The van der Waals surface area contributed by atoms with E-state index >= 15 is 0 Å². The molecule has 0 aromatic heterocycles. The van der Waals surface area contributed by atoms with Gasteiger partial charge < -0.3 is 10.0 Å². The van der Waals surface area contributed by atoms with Gasteiger partial charge in [0.25, 0.3) is 0 Å². The van der Waals surface area contributed by atoms with E-state index in [1.54, 1.807) is 0 Å². The zero-order valence-electron chi connectivity index (χ0n) is 10.3. The lowest BCUT2D eigenvalue weighted by molar-refractivity contribution is -0.116. The van der Waals surface area contributed by atoms with E-state index in [9.17, 15) is 4.79 Å². The first-order valence-electron chi connectivity index (χ1n) is 6.95. The van der Waals surface area contributed by atoms with Crippen molar-refractivity contribution in [1.29, 1.82) is 0 Å². The highest BCUT2D eigenvalue weighted by atomic mass is 16.3. The number of nitrogens with zero attached hydrogens (tertiary/aromatic N) is 1. The number of ketones is 1. The van der Waals surface area contributed by atoms with Crippen LogP contribution in [0.15, 0.2) is 11.3 Å². The first-order valence-corrected chi connectivity index (χ1v) is 6.95. The van der Waals surface area contributed by atoms with Crippen LogP contribution >= 0.6 is 0 Å². The first kappa shape index (κ1) is 11.3. The lowest BCUT2D eigenvalue weighted by Crippen LogP contribution is -2.41. The molecule has 1 aliphatic carbocycles. The van der Waals surface area contributed by atoms with Crippen molar-refractivity contribution in [3.8, 4) is 0 Å². The van der Waals surface area contributed by atoms with E-state index in [2.05, 4.69) is 4.90 Å². The van der Waals surface area contributed by atoms with E-state index in [1.807, 2.05) is 0 Å². The molecule has 1 fully saturated rings. The van der Waals surface area contributed by atoms with Gasteiger partial charge in [-0.3, -0.25) is 4.79 Å². The van der Waals surface area contributed by atoms with Gasteiger partial charge in [0, 0.05) is 36.4 Å². The summed E-state index contributed by atoms with van der Waals surface area (Å²) in [5.41, 5.74) is 2.46. The van der Waals surface area contributed by atoms with Crippen molar-refractivity contribution in [2.45, 2.75) is 63.5 Å². The van der Waals surface area contributed by atoms with Crippen molar-refractivity contribution < 1.29 is 9.90 Å². The van der Waals surface area contributed by atoms with Crippen molar-refractivity contribution in [2.75, 3.05) is 6.61 Å². The predicted octanol–water partition coefficient (Wildman–Crippen LogP) is 2.00. The van der Waals surface area contributed by atoms with Crippen LogP contribution in [0.4, 0.5) is 0 Å². The van der Waals surface area contributed by atoms with Crippen LogP contribution in [0.2, 0.25) is 0 Å². The Morgan fingerprint density at radius 3 is 2.88 bits per heavy atom. The van der Waals surface area contributed by atoms with Gasteiger partial charge in [0.1, 0.15) is 0 Å². The lowest BCUT2D eigenvalue weighted by Gasteiger charge is -2.41. The maximum absolute atomic E-state index is 11.9. The Labute approximate surface area is 102 Å². The SMILES string of the molecule is O=C1CCCC2=C1CC[C@H]1CC[C@@H](CCO)N21. The molecule has 2 aliphatic heterocycles. The van der Waals surface area contributed by atoms with Gasteiger partial charge >= 0.3 is 0 Å². The second kappa shape index (κ2) is 4.45. The molecule has 0 unspecified atom stereocenters. The highest BCUT2D eigenvalue weighted by Gasteiger charge is 2.40. The molecule has 2 atom stereocenters. The number of allylic oxidation sites excluding steroid dienone is 2. The van der Waals surface area contributed by atoms with E-state index in [4.69, 9.17) is 5.11 Å². The number of hydrogen-bond donors (Lipinski definition) is 1. The number of Topliss-reactive ketones (excluding diaryl/α,β-unsaturated/α-hetero) is 1. The summed E-state index contributed by atoms with van der Waals surface area (Å²) in [7, 11) is 0. The molecular weight excluding hydrogens is 214 g/mol. The maximum Gasteiger partial charge on any atom is 0.160 e. The third-order valence-electron chi connectivity index (χ3n) is 4.62. The third kappa shape index (κ3) is 1.81. The fourth-order valence-corrected chi connectivity index (χ4v) is 3.88. The normalized spacial score (nSPS) is 32.8. The van der Waals surface area contributed by atoms with Gasteiger partial charge in [-0.25, -0.2) is 0 Å². The molecule has 17 heavy (non-hydrogen) atoms. The Kier molecular flexibility index (Phi) is 2.95. The summed E-state index contributed by atoms with van der Waals surface area (Å²) in [4.78, 5) is 14.5. The summed E-state index contributed by atoms with van der Waals surface area (Å²) < 4.78 is 0. The van der Waals surface area contributed by atoms with Crippen LogP contribution in [-0.4, -0.2) is 34.5 Å². The minimum absolute atomic E-state index is 0.268. The molecule has 0 amide bonds. The maximum atomic E-state index is 11.9. The Bertz CT molecular complexity index is 361. The highest BCUT2D eigenvalue weighted by Crippen LogP contribution is 2.42. The number of carbonyl (C=O) groups is 1. The van der Waals surface area contributed by atoms with Crippen LogP contribution in [0.1, 0.15) is 51.4 Å². The fourth-order valence-electron chi connectivity index (χ4n) is 3.88. The van der Waals surface area contributed by atoms with Crippen LogP contribution in [0.25, 0.3) is 0 Å². The van der Waals surface area contributed by atoms with Crippen LogP contribution < -0.4 is 0 Å². The van der Waals surface area contributed by atoms with Gasteiger partial charge in [0.15, 0.2) is 5.78 Å². The minimum Gasteiger partial charge on any atom is -0.396 e. The lowest BCUT2D eigenvalue weighted by atomic mass is 9.86. The Balaban J connectivity index is 1.91. The molecule has 94 valence electrons. The number of aliphatic hydroxyl groups is 1. The topological polar surface area (TPSA) is 40.5 Å². The molecule has 0 spiro atoms. The number of carbonyl (C=O) groups excluding carboxylic acids is 1. The van der Waals surface area contributed by atoms with Crippen molar-refractivity contribution >= 4 is 5.78 Å². The second-order valence-electron chi connectivity index (χ2n) is 5.55. The summed E-state index contributed by atoms with van der Waals surface area (Å²) in [6, 6.07) is 1.14. The monoisotopic (exact) mass is 235 g/mol. The summed E-state index contributed by atoms with van der Waals surface area (Å²) in [5.74, 6) is 0.388. The molecule has 3 heteroatoms. The van der Waals surface area contributed by atoms with Crippen molar-refractivity contribution in [2.24, 2.45) is 0 Å². The summed E-state index contributed by atoms with van der Waals surface area (Å²) >= 11 is 0. The van der Waals surface area contributed by atoms with E-state index in [1.165, 1.54) is 18.5 Å².